The predicted octanol–water partition coefficient (Wildman–Crippen LogP) is 3.94. The van der Waals surface area contributed by atoms with E-state index >= 15 is 0 Å². The second kappa shape index (κ2) is 6.81. The van der Waals surface area contributed by atoms with Crippen molar-refractivity contribution in [1.29, 1.82) is 0 Å². The first-order valence-electron chi connectivity index (χ1n) is 9.46. The van der Waals surface area contributed by atoms with E-state index in [1.54, 1.807) is 16.9 Å². The van der Waals surface area contributed by atoms with E-state index in [4.69, 9.17) is 5.84 Å². The number of nitrogens with one attached hydrogen (secondary N) is 1. The lowest BCUT2D eigenvalue weighted by atomic mass is 9.84. The molecule has 2 aromatic rings. The van der Waals surface area contributed by atoms with Gasteiger partial charge in [0.05, 0.1) is 5.69 Å². The van der Waals surface area contributed by atoms with E-state index in [0.29, 0.717) is 5.82 Å². The summed E-state index contributed by atoms with van der Waals surface area (Å²) < 4.78 is 0. The maximum absolute atomic E-state index is 6.32. The molecule has 27 heavy (non-hydrogen) atoms. The highest BCUT2D eigenvalue weighted by atomic mass is 31.2. The van der Waals surface area contributed by atoms with Crippen LogP contribution in [-0.4, -0.2) is 29.6 Å². The Labute approximate surface area is 161 Å². The number of fused-ring (bicyclic) bond motifs is 1. The number of hydrogen-bond donors (Lipinski definition) is 2. The Bertz CT molecular complexity index is 928. The number of aromatic nitrogens is 2. The quantitative estimate of drug-likeness (QED) is 0.467. The molecule has 0 spiro atoms. The highest BCUT2D eigenvalue weighted by Gasteiger charge is 2.36. The zero-order chi connectivity index (χ0) is 19.2. The molecule has 142 valence electrons. The van der Waals surface area contributed by atoms with Gasteiger partial charge in [-0.05, 0) is 67.4 Å². The van der Waals surface area contributed by atoms with Gasteiger partial charge in [-0.1, -0.05) is 32.2 Å². The van der Waals surface area contributed by atoms with Crippen LogP contribution in [0.2, 0.25) is 0 Å². The first-order valence-corrected chi connectivity index (χ1v) is 12.3. The molecule has 0 radical (unpaired) electrons. The number of nitrogens with zero attached hydrogens (tertiary/aromatic N) is 3. The Morgan fingerprint density at radius 3 is 2.59 bits per heavy atom. The standard InChI is InChI=1S/C21H28N5P/c1-14-9-15-11-19(18(15)10-14)25-20-12-21(24-13-23-20)26(22)16-5-7-17(8-6-16)27(2,3)4/h5-8,12-15H,2,9-11,22H2,1,3-4H3,(H,23,24,25). The molecule has 1 aromatic heterocycles. The lowest BCUT2D eigenvalue weighted by molar-refractivity contribution is 0.510. The zero-order valence-electron chi connectivity index (χ0n) is 16.3. The first kappa shape index (κ1) is 18.3. The van der Waals surface area contributed by atoms with Crippen molar-refractivity contribution in [3.63, 3.8) is 0 Å². The summed E-state index contributed by atoms with van der Waals surface area (Å²) in [6.07, 6.45) is 9.53. The van der Waals surface area contributed by atoms with Crippen molar-refractivity contribution < 1.29 is 0 Å². The summed E-state index contributed by atoms with van der Waals surface area (Å²) >= 11 is 0. The summed E-state index contributed by atoms with van der Waals surface area (Å²) in [5.41, 5.74) is 3.82. The van der Waals surface area contributed by atoms with Crippen LogP contribution < -0.4 is 21.5 Å². The highest BCUT2D eigenvalue weighted by molar-refractivity contribution is 7.79. The van der Waals surface area contributed by atoms with E-state index in [0.717, 1.165) is 29.8 Å². The van der Waals surface area contributed by atoms with Gasteiger partial charge in [-0.15, -0.1) is 0 Å². The van der Waals surface area contributed by atoms with E-state index < -0.39 is 6.89 Å². The van der Waals surface area contributed by atoms with Crippen molar-refractivity contribution in [2.45, 2.75) is 26.2 Å². The van der Waals surface area contributed by atoms with Gasteiger partial charge in [0.2, 0.25) is 0 Å². The second-order valence-corrected chi connectivity index (χ2v) is 12.3. The topological polar surface area (TPSA) is 67.1 Å². The molecule has 0 bridgehead atoms. The minimum Gasteiger partial charge on any atom is -0.344 e. The molecule has 2 aliphatic rings. The van der Waals surface area contributed by atoms with Crippen molar-refractivity contribution in [3.05, 3.63) is 47.9 Å². The fraction of sp³-hybridized carbons (Fsp3) is 0.381. The van der Waals surface area contributed by atoms with Gasteiger partial charge in [-0.3, -0.25) is 5.01 Å². The van der Waals surface area contributed by atoms with Gasteiger partial charge in [0.25, 0.3) is 0 Å². The Balaban J connectivity index is 1.51. The molecule has 2 atom stereocenters. The van der Waals surface area contributed by atoms with Crippen molar-refractivity contribution in [2.24, 2.45) is 17.7 Å². The van der Waals surface area contributed by atoms with Crippen molar-refractivity contribution >= 4 is 35.8 Å². The molecule has 0 amide bonds. The van der Waals surface area contributed by atoms with Crippen molar-refractivity contribution in [2.75, 3.05) is 23.7 Å². The lowest BCUT2D eigenvalue weighted by Gasteiger charge is -2.29. The SMILES string of the molecule is C=P(C)(C)c1ccc(N(N)c2cc(NC3=C4CC(C)CC4C3)ncn2)cc1. The van der Waals surface area contributed by atoms with Gasteiger partial charge in [0.1, 0.15) is 12.1 Å². The van der Waals surface area contributed by atoms with Crippen LogP contribution in [0.1, 0.15) is 26.2 Å². The van der Waals surface area contributed by atoms with Crippen LogP contribution >= 0.6 is 6.89 Å². The zero-order valence-corrected chi connectivity index (χ0v) is 17.2. The van der Waals surface area contributed by atoms with Crippen LogP contribution in [0.25, 0.3) is 0 Å². The van der Waals surface area contributed by atoms with E-state index in [1.807, 2.05) is 18.2 Å². The number of hydrazine groups is 1. The van der Waals surface area contributed by atoms with Gasteiger partial charge in [-0.25, -0.2) is 15.8 Å². The summed E-state index contributed by atoms with van der Waals surface area (Å²) in [5.74, 6) is 9.39. The van der Waals surface area contributed by atoms with Crippen LogP contribution in [0.3, 0.4) is 0 Å². The maximum Gasteiger partial charge on any atom is 0.152 e. The number of hydrogen-bond acceptors (Lipinski definition) is 5. The van der Waals surface area contributed by atoms with Gasteiger partial charge in [-0.2, -0.15) is 0 Å². The molecule has 0 aliphatic heterocycles. The predicted molar refractivity (Wildman–Crippen MR) is 117 cm³/mol. The number of rotatable bonds is 5. The Morgan fingerprint density at radius 1 is 1.19 bits per heavy atom. The Hall–Kier alpha value is -2.10. The maximum atomic E-state index is 6.32. The Kier molecular flexibility index (Phi) is 4.61. The molecular weight excluding hydrogens is 353 g/mol. The summed E-state index contributed by atoms with van der Waals surface area (Å²) in [6.45, 7) is 5.47. The summed E-state index contributed by atoms with van der Waals surface area (Å²) in [6, 6.07) is 10.2. The first-order chi connectivity index (χ1) is 12.8. The van der Waals surface area contributed by atoms with E-state index in [1.165, 1.54) is 23.8 Å². The van der Waals surface area contributed by atoms with Gasteiger partial charge in [0, 0.05) is 11.8 Å². The number of anilines is 3. The molecule has 4 rings (SSSR count). The normalized spacial score (nSPS) is 21.6. The molecule has 2 unspecified atom stereocenters. The van der Waals surface area contributed by atoms with Gasteiger partial charge < -0.3 is 5.32 Å². The molecule has 2 aliphatic carbocycles. The number of nitrogens with two attached hydrogens (primary N) is 1. The molecule has 1 heterocycles. The monoisotopic (exact) mass is 381 g/mol. The Morgan fingerprint density at radius 2 is 1.93 bits per heavy atom. The van der Waals surface area contributed by atoms with E-state index in [-0.39, 0.29) is 0 Å². The molecule has 3 N–H and O–H groups in total. The van der Waals surface area contributed by atoms with Crippen LogP contribution in [0.4, 0.5) is 17.3 Å². The van der Waals surface area contributed by atoms with Crippen LogP contribution in [0, 0.1) is 11.8 Å². The molecule has 0 saturated heterocycles. The molecule has 1 saturated carbocycles. The van der Waals surface area contributed by atoms with Crippen LogP contribution in [0.15, 0.2) is 47.9 Å². The average molecular weight is 381 g/mol. The largest absolute Gasteiger partial charge is 0.344 e. The van der Waals surface area contributed by atoms with E-state index in [2.05, 4.69) is 54.0 Å². The third kappa shape index (κ3) is 3.67. The summed E-state index contributed by atoms with van der Waals surface area (Å²) in [4.78, 5) is 8.72. The average Bonchev–Trinajstić information content (AvgIpc) is 2.93. The van der Waals surface area contributed by atoms with Crippen LogP contribution in [-0.2, 0) is 0 Å². The van der Waals surface area contributed by atoms with Crippen LogP contribution in [0.5, 0.6) is 0 Å². The minimum absolute atomic E-state index is 0.671. The number of allylic oxidation sites excluding steroid dienone is 2. The molecular formula is C21H28N5P. The third-order valence-corrected chi connectivity index (χ3v) is 7.29. The fourth-order valence-electron chi connectivity index (χ4n) is 4.06. The third-order valence-electron chi connectivity index (χ3n) is 5.59. The second-order valence-electron chi connectivity index (χ2n) is 8.41. The minimum atomic E-state index is -1.27. The van der Waals surface area contributed by atoms with Gasteiger partial charge in [0.15, 0.2) is 5.82 Å². The van der Waals surface area contributed by atoms with E-state index in [9.17, 15) is 0 Å². The smallest absolute Gasteiger partial charge is 0.152 e. The fourth-order valence-corrected chi connectivity index (χ4v) is 5.01. The van der Waals surface area contributed by atoms with Crippen molar-refractivity contribution in [1.82, 2.24) is 9.97 Å². The molecule has 5 nitrogen and oxygen atoms in total. The summed E-state index contributed by atoms with van der Waals surface area (Å²) in [7, 11) is 0. The van der Waals surface area contributed by atoms with Gasteiger partial charge >= 0.3 is 0 Å². The molecule has 6 heteroatoms. The molecule has 1 aromatic carbocycles. The highest BCUT2D eigenvalue weighted by Crippen LogP contribution is 2.48. The number of benzene rings is 1. The van der Waals surface area contributed by atoms with Crippen molar-refractivity contribution in [3.8, 4) is 0 Å². The summed E-state index contributed by atoms with van der Waals surface area (Å²) in [5, 5.41) is 6.37. The lowest BCUT2D eigenvalue weighted by Crippen LogP contribution is -2.26. The molecule has 1 fully saturated rings.